The van der Waals surface area contributed by atoms with Gasteiger partial charge in [-0.1, -0.05) is 35.3 Å². The molecule has 0 saturated heterocycles. The Morgan fingerprint density at radius 1 is 1.26 bits per heavy atom. The summed E-state index contributed by atoms with van der Waals surface area (Å²) < 4.78 is 11.3. The van der Waals surface area contributed by atoms with Crippen LogP contribution in [0, 0.1) is 0 Å². The first kappa shape index (κ1) is 19.6. The predicted molar refractivity (Wildman–Crippen MR) is 108 cm³/mol. The van der Waals surface area contributed by atoms with E-state index in [1.807, 2.05) is 13.8 Å². The van der Waals surface area contributed by atoms with E-state index >= 15 is 0 Å². The predicted octanol–water partition coefficient (Wildman–Crippen LogP) is 5.71. The normalized spacial score (nSPS) is 15.3. The molecule has 0 spiro atoms. The Bertz CT molecular complexity index is 932. The van der Waals surface area contributed by atoms with Gasteiger partial charge in [0, 0.05) is 11.6 Å². The van der Waals surface area contributed by atoms with Crippen LogP contribution >= 0.6 is 23.2 Å². The van der Waals surface area contributed by atoms with Gasteiger partial charge in [0.05, 0.1) is 17.2 Å². The van der Waals surface area contributed by atoms with Crippen LogP contribution in [0.25, 0.3) is 6.08 Å². The molecule has 0 saturated carbocycles. The zero-order valence-corrected chi connectivity index (χ0v) is 16.8. The molecule has 0 atom stereocenters. The van der Waals surface area contributed by atoms with E-state index in [-0.39, 0.29) is 28.4 Å². The Labute approximate surface area is 168 Å². The van der Waals surface area contributed by atoms with Crippen molar-refractivity contribution in [3.8, 4) is 17.2 Å². The number of phenols is 1. The molecule has 4 nitrogen and oxygen atoms in total. The number of ether oxygens (including phenoxy) is 2. The number of aromatic hydroxyl groups is 1. The summed E-state index contributed by atoms with van der Waals surface area (Å²) in [5, 5.41) is 11.6. The summed E-state index contributed by atoms with van der Waals surface area (Å²) in [6.07, 6.45) is 4.35. The van der Waals surface area contributed by atoms with E-state index in [1.165, 1.54) is 13.2 Å². The zero-order valence-electron chi connectivity index (χ0n) is 15.3. The van der Waals surface area contributed by atoms with Crippen molar-refractivity contribution in [3.63, 3.8) is 0 Å². The topological polar surface area (TPSA) is 55.8 Å². The minimum Gasteiger partial charge on any atom is -0.507 e. The van der Waals surface area contributed by atoms with E-state index in [2.05, 4.69) is 0 Å². The number of carbonyl (C=O) groups excluding carboxylic acids is 1. The SMILES string of the molecule is COc1cc2c(c(O)c1C(=O)C=Cc1ccc(Cl)c(Cl)c1)CCC(C)(C)O2. The van der Waals surface area contributed by atoms with Crippen LogP contribution in [0.5, 0.6) is 17.2 Å². The number of allylic oxidation sites excluding steroid dienone is 1. The molecule has 1 heterocycles. The summed E-state index contributed by atoms with van der Waals surface area (Å²) >= 11 is 11.9. The molecular formula is C21H20Cl2O4. The molecule has 2 aromatic carbocycles. The molecule has 2 aromatic rings. The van der Waals surface area contributed by atoms with Gasteiger partial charge in [0.15, 0.2) is 5.78 Å². The highest BCUT2D eigenvalue weighted by Crippen LogP contribution is 2.44. The molecule has 6 heteroatoms. The Kier molecular flexibility index (Phi) is 5.41. The van der Waals surface area contributed by atoms with Crippen molar-refractivity contribution in [1.29, 1.82) is 0 Å². The number of carbonyl (C=O) groups is 1. The lowest BCUT2D eigenvalue weighted by Crippen LogP contribution is -2.32. The largest absolute Gasteiger partial charge is 0.507 e. The second-order valence-corrected chi connectivity index (χ2v) is 7.83. The van der Waals surface area contributed by atoms with Gasteiger partial charge in [0.1, 0.15) is 28.4 Å². The molecule has 3 rings (SSSR count). The molecule has 0 bridgehead atoms. The van der Waals surface area contributed by atoms with Gasteiger partial charge in [0.25, 0.3) is 0 Å². The van der Waals surface area contributed by atoms with E-state index in [0.717, 1.165) is 12.0 Å². The van der Waals surface area contributed by atoms with E-state index in [0.29, 0.717) is 27.8 Å². The van der Waals surface area contributed by atoms with Crippen molar-refractivity contribution in [1.82, 2.24) is 0 Å². The third kappa shape index (κ3) is 4.07. The average molecular weight is 407 g/mol. The van der Waals surface area contributed by atoms with E-state index in [9.17, 15) is 9.90 Å². The Morgan fingerprint density at radius 3 is 2.67 bits per heavy atom. The highest BCUT2D eigenvalue weighted by atomic mass is 35.5. The van der Waals surface area contributed by atoms with Gasteiger partial charge in [0.2, 0.25) is 0 Å². The number of benzene rings is 2. The smallest absolute Gasteiger partial charge is 0.193 e. The molecule has 1 N–H and O–H groups in total. The van der Waals surface area contributed by atoms with Crippen molar-refractivity contribution in [3.05, 3.63) is 57.1 Å². The van der Waals surface area contributed by atoms with Crippen molar-refractivity contribution in [2.45, 2.75) is 32.3 Å². The summed E-state index contributed by atoms with van der Waals surface area (Å²) in [5.41, 5.74) is 1.14. The number of fused-ring (bicyclic) bond motifs is 1. The van der Waals surface area contributed by atoms with Crippen molar-refractivity contribution in [2.24, 2.45) is 0 Å². The second kappa shape index (κ2) is 7.45. The molecule has 1 aliphatic heterocycles. The van der Waals surface area contributed by atoms with Crippen LogP contribution in [0.1, 0.15) is 41.8 Å². The van der Waals surface area contributed by atoms with E-state index < -0.39 is 0 Å². The van der Waals surface area contributed by atoms with Crippen LogP contribution in [-0.2, 0) is 6.42 Å². The minimum atomic E-state index is -0.372. The van der Waals surface area contributed by atoms with E-state index in [4.69, 9.17) is 32.7 Å². The second-order valence-electron chi connectivity index (χ2n) is 7.01. The van der Waals surface area contributed by atoms with Crippen molar-refractivity contribution in [2.75, 3.05) is 7.11 Å². The number of ketones is 1. The molecule has 142 valence electrons. The Balaban J connectivity index is 1.97. The van der Waals surface area contributed by atoms with Gasteiger partial charge in [-0.2, -0.15) is 0 Å². The first-order chi connectivity index (χ1) is 12.7. The summed E-state index contributed by atoms with van der Waals surface area (Å²) in [6, 6.07) is 6.73. The molecule has 0 fully saturated rings. The third-order valence-electron chi connectivity index (χ3n) is 4.53. The monoisotopic (exact) mass is 406 g/mol. The quantitative estimate of drug-likeness (QED) is 0.521. The summed E-state index contributed by atoms with van der Waals surface area (Å²) in [6.45, 7) is 3.97. The number of methoxy groups -OCH3 is 1. The maximum absolute atomic E-state index is 12.8. The van der Waals surface area contributed by atoms with Crippen LogP contribution in [0.2, 0.25) is 10.0 Å². The highest BCUT2D eigenvalue weighted by molar-refractivity contribution is 6.42. The molecule has 0 aromatic heterocycles. The van der Waals surface area contributed by atoms with Crippen LogP contribution in [0.4, 0.5) is 0 Å². The van der Waals surface area contributed by atoms with Crippen molar-refractivity contribution >= 4 is 35.1 Å². The zero-order chi connectivity index (χ0) is 19.8. The Morgan fingerprint density at radius 2 is 2.00 bits per heavy atom. The first-order valence-corrected chi connectivity index (χ1v) is 9.27. The lowest BCUT2D eigenvalue weighted by molar-refractivity contribution is 0.0831. The molecule has 1 aliphatic rings. The van der Waals surface area contributed by atoms with Crippen LogP contribution in [0.3, 0.4) is 0 Å². The van der Waals surface area contributed by atoms with Gasteiger partial charge in [-0.05, 0) is 50.5 Å². The van der Waals surface area contributed by atoms with Crippen LogP contribution < -0.4 is 9.47 Å². The molecule has 0 unspecified atom stereocenters. The number of rotatable bonds is 4. The van der Waals surface area contributed by atoms with Gasteiger partial charge in [-0.15, -0.1) is 0 Å². The molecular weight excluding hydrogens is 387 g/mol. The first-order valence-electron chi connectivity index (χ1n) is 8.51. The summed E-state index contributed by atoms with van der Waals surface area (Å²) in [7, 11) is 1.45. The molecule has 27 heavy (non-hydrogen) atoms. The van der Waals surface area contributed by atoms with Crippen LogP contribution in [0.15, 0.2) is 30.3 Å². The maximum atomic E-state index is 12.8. The number of phenolic OH excluding ortho intramolecular Hbond substituents is 1. The highest BCUT2D eigenvalue weighted by Gasteiger charge is 2.32. The fraction of sp³-hybridized carbons (Fsp3) is 0.286. The van der Waals surface area contributed by atoms with Gasteiger partial charge in [-0.25, -0.2) is 0 Å². The maximum Gasteiger partial charge on any atom is 0.193 e. The van der Waals surface area contributed by atoms with Gasteiger partial charge >= 0.3 is 0 Å². The molecule has 0 radical (unpaired) electrons. The average Bonchev–Trinajstić information content (AvgIpc) is 2.61. The minimum absolute atomic E-state index is 0.0939. The lowest BCUT2D eigenvalue weighted by Gasteiger charge is -2.33. The van der Waals surface area contributed by atoms with E-state index in [1.54, 1.807) is 30.3 Å². The Hall–Kier alpha value is -2.17. The number of halogens is 2. The third-order valence-corrected chi connectivity index (χ3v) is 5.27. The molecule has 0 aliphatic carbocycles. The summed E-state index contributed by atoms with van der Waals surface area (Å²) in [4.78, 5) is 12.8. The molecule has 0 amide bonds. The fourth-order valence-electron chi connectivity index (χ4n) is 3.04. The van der Waals surface area contributed by atoms with Gasteiger partial charge < -0.3 is 14.6 Å². The van der Waals surface area contributed by atoms with Gasteiger partial charge in [-0.3, -0.25) is 4.79 Å². The lowest BCUT2D eigenvalue weighted by atomic mass is 9.91. The summed E-state index contributed by atoms with van der Waals surface area (Å²) in [5.74, 6) is 0.352. The standard InChI is InChI=1S/C21H20Cl2O4/c1-21(2)9-8-13-17(27-21)11-18(26-3)19(20(13)25)16(24)7-5-12-4-6-14(22)15(23)10-12/h4-7,10-11,25H,8-9H2,1-3H3. The fourth-order valence-corrected chi connectivity index (χ4v) is 3.35. The number of hydrogen-bond acceptors (Lipinski definition) is 4. The van der Waals surface area contributed by atoms with Crippen molar-refractivity contribution < 1.29 is 19.4 Å². The number of hydrogen-bond donors (Lipinski definition) is 1. The van der Waals surface area contributed by atoms with Crippen LogP contribution in [-0.4, -0.2) is 23.6 Å².